The molecule has 0 amide bonds. The smallest absolute Gasteiger partial charge is 0.243 e. The number of anilines is 1. The number of halogens is 1. The Morgan fingerprint density at radius 3 is 2.97 bits per heavy atom. The van der Waals surface area contributed by atoms with Crippen molar-refractivity contribution in [2.45, 2.75) is 25.8 Å². The molecule has 1 atom stereocenters. The number of aliphatic hydroxyl groups is 1. The average Bonchev–Trinajstić information content (AvgIpc) is 3.16. The number of hydrogen-bond donors (Lipinski definition) is 4. The molecular weight excluding hydrogens is 428 g/mol. The molecule has 1 aliphatic carbocycles. The number of nitrogens with one attached hydrogen (secondary N) is 2. The molecule has 2 aromatic heterocycles. The van der Waals surface area contributed by atoms with Crippen molar-refractivity contribution in [3.63, 3.8) is 0 Å². The summed E-state index contributed by atoms with van der Waals surface area (Å²) in [5.74, 6) is 0.704. The van der Waals surface area contributed by atoms with Gasteiger partial charge in [0.15, 0.2) is 5.65 Å². The molecule has 168 valence electrons. The fraction of sp³-hybridized carbons (Fsp3) is 0.348. The van der Waals surface area contributed by atoms with Crippen LogP contribution in [0.2, 0.25) is 5.02 Å². The van der Waals surface area contributed by atoms with E-state index in [-0.39, 0.29) is 18.4 Å². The van der Waals surface area contributed by atoms with Crippen molar-refractivity contribution < 1.29 is 10.2 Å². The van der Waals surface area contributed by atoms with Crippen molar-refractivity contribution in [2.75, 3.05) is 31.6 Å². The number of benzene rings is 1. The molecule has 2 heterocycles. The van der Waals surface area contributed by atoms with E-state index in [9.17, 15) is 5.11 Å². The van der Waals surface area contributed by atoms with E-state index in [2.05, 4.69) is 33.7 Å². The average molecular weight is 455 g/mol. The van der Waals surface area contributed by atoms with E-state index in [4.69, 9.17) is 21.7 Å². The van der Waals surface area contributed by atoms with Crippen LogP contribution in [0.1, 0.15) is 19.8 Å². The lowest BCUT2D eigenvalue weighted by molar-refractivity contribution is 0.293. The Bertz CT molecular complexity index is 1160. The van der Waals surface area contributed by atoms with Gasteiger partial charge in [-0.1, -0.05) is 23.3 Å². The number of aromatic nitrogens is 3. The summed E-state index contributed by atoms with van der Waals surface area (Å²) in [5, 5.41) is 30.3. The van der Waals surface area contributed by atoms with Crippen LogP contribution < -0.4 is 10.6 Å². The molecule has 0 radical (unpaired) electrons. The molecule has 1 aliphatic rings. The molecule has 0 bridgehead atoms. The molecule has 4 rings (SSSR count). The predicted octanol–water partition coefficient (Wildman–Crippen LogP) is 3.30. The Morgan fingerprint density at radius 2 is 2.12 bits per heavy atom. The maximum absolute atomic E-state index is 9.80. The minimum atomic E-state index is 0.0744. The first-order valence-electron chi connectivity index (χ1n) is 10.6. The number of fused-ring (bicyclic) bond motifs is 1. The van der Waals surface area contributed by atoms with E-state index in [0.29, 0.717) is 29.7 Å². The lowest BCUT2D eigenvalue weighted by atomic mass is 9.95. The van der Waals surface area contributed by atoms with Gasteiger partial charge in [-0.3, -0.25) is 4.99 Å². The van der Waals surface area contributed by atoms with Crippen molar-refractivity contribution >= 4 is 28.9 Å². The normalized spacial score (nSPS) is 17.7. The second-order valence-corrected chi connectivity index (χ2v) is 8.29. The number of hydrogen-bond acceptors (Lipinski definition) is 7. The monoisotopic (exact) mass is 454 g/mol. The maximum Gasteiger partial charge on any atom is 0.243 e. The van der Waals surface area contributed by atoms with E-state index < -0.39 is 0 Å². The molecule has 0 saturated heterocycles. The Balaban J connectivity index is 1.47. The number of rotatable bonds is 8. The van der Waals surface area contributed by atoms with E-state index in [1.807, 2.05) is 18.3 Å². The molecular formula is C23H27ClN6O2. The third kappa shape index (κ3) is 5.45. The SMILES string of the molecule is CC1=CC(Nc2nc3ccc(-c4cc(O)ccc4Cl)cn3n2)CC(=NCCNCCO)C1. The van der Waals surface area contributed by atoms with Gasteiger partial charge in [0.05, 0.1) is 19.2 Å². The quantitative estimate of drug-likeness (QED) is 0.307. The van der Waals surface area contributed by atoms with Crippen molar-refractivity contribution in [1.29, 1.82) is 0 Å². The van der Waals surface area contributed by atoms with Gasteiger partial charge in [-0.25, -0.2) is 4.52 Å². The van der Waals surface area contributed by atoms with Gasteiger partial charge in [-0.15, -0.1) is 5.10 Å². The molecule has 32 heavy (non-hydrogen) atoms. The van der Waals surface area contributed by atoms with Gasteiger partial charge in [-0.05, 0) is 37.3 Å². The summed E-state index contributed by atoms with van der Waals surface area (Å²) < 4.78 is 1.71. The summed E-state index contributed by atoms with van der Waals surface area (Å²) in [4.78, 5) is 9.30. The van der Waals surface area contributed by atoms with Gasteiger partial charge in [-0.2, -0.15) is 4.98 Å². The topological polar surface area (TPSA) is 107 Å². The summed E-state index contributed by atoms with van der Waals surface area (Å²) >= 11 is 6.30. The largest absolute Gasteiger partial charge is 0.508 e. The maximum atomic E-state index is 9.80. The van der Waals surface area contributed by atoms with Gasteiger partial charge >= 0.3 is 0 Å². The Hall–Kier alpha value is -2.94. The van der Waals surface area contributed by atoms with Crippen molar-refractivity contribution in [3.05, 3.63) is 53.2 Å². The Kier molecular flexibility index (Phi) is 7.04. The molecule has 4 N–H and O–H groups in total. The highest BCUT2D eigenvalue weighted by Crippen LogP contribution is 2.31. The van der Waals surface area contributed by atoms with Crippen LogP contribution in [0.4, 0.5) is 5.95 Å². The first kappa shape index (κ1) is 22.3. The standard InChI is InChI=1S/C23H27ClN6O2/c1-15-10-17(26-7-6-25-8-9-31)12-18(11-15)27-23-28-22-5-2-16(14-30(22)29-23)20-13-19(32)3-4-21(20)24/h2-5,11,13-14,18,25,31-32H,6-10,12H2,1H3,(H,27,29). The van der Waals surface area contributed by atoms with Crippen LogP contribution in [0, 0.1) is 0 Å². The molecule has 1 aromatic carbocycles. The highest BCUT2D eigenvalue weighted by molar-refractivity contribution is 6.33. The Labute approximate surface area is 191 Å². The van der Waals surface area contributed by atoms with Crippen LogP contribution in [0.3, 0.4) is 0 Å². The molecule has 0 saturated carbocycles. The summed E-state index contributed by atoms with van der Waals surface area (Å²) in [6.07, 6.45) is 5.73. The molecule has 3 aromatic rings. The van der Waals surface area contributed by atoms with Gasteiger partial charge in [0, 0.05) is 54.0 Å². The number of pyridine rings is 1. The molecule has 8 nitrogen and oxygen atoms in total. The lowest BCUT2D eigenvalue weighted by Crippen LogP contribution is -2.27. The van der Waals surface area contributed by atoms with Crippen LogP contribution >= 0.6 is 11.6 Å². The van der Waals surface area contributed by atoms with Gasteiger partial charge < -0.3 is 20.8 Å². The third-order valence-corrected chi connectivity index (χ3v) is 5.57. The Morgan fingerprint density at radius 1 is 1.25 bits per heavy atom. The summed E-state index contributed by atoms with van der Waals surface area (Å²) in [7, 11) is 0. The summed E-state index contributed by atoms with van der Waals surface area (Å²) in [6, 6.07) is 8.73. The second-order valence-electron chi connectivity index (χ2n) is 7.89. The van der Waals surface area contributed by atoms with Crippen LogP contribution in [0.15, 0.2) is 53.2 Å². The minimum Gasteiger partial charge on any atom is -0.508 e. The van der Waals surface area contributed by atoms with Gasteiger partial charge in [0.25, 0.3) is 0 Å². The van der Waals surface area contributed by atoms with Gasteiger partial charge in [0.2, 0.25) is 5.95 Å². The van der Waals surface area contributed by atoms with Crippen LogP contribution in [0.25, 0.3) is 16.8 Å². The molecule has 0 fully saturated rings. The number of phenolic OH excluding ortho intramolecular Hbond substituents is 1. The number of aliphatic imine (C=N–C) groups is 1. The lowest BCUT2D eigenvalue weighted by Gasteiger charge is -2.22. The fourth-order valence-corrected chi connectivity index (χ4v) is 4.05. The van der Waals surface area contributed by atoms with E-state index in [1.165, 1.54) is 5.57 Å². The van der Waals surface area contributed by atoms with Crippen molar-refractivity contribution in [2.24, 2.45) is 4.99 Å². The van der Waals surface area contributed by atoms with E-state index in [0.717, 1.165) is 36.2 Å². The third-order valence-electron chi connectivity index (χ3n) is 5.24. The zero-order valence-electron chi connectivity index (χ0n) is 17.9. The van der Waals surface area contributed by atoms with Crippen LogP contribution in [0.5, 0.6) is 5.75 Å². The first-order chi connectivity index (χ1) is 15.5. The highest BCUT2D eigenvalue weighted by Gasteiger charge is 2.18. The van der Waals surface area contributed by atoms with Gasteiger partial charge in [0.1, 0.15) is 5.75 Å². The number of phenols is 1. The molecule has 0 spiro atoms. The predicted molar refractivity (Wildman–Crippen MR) is 128 cm³/mol. The van der Waals surface area contributed by atoms with Crippen LogP contribution in [-0.2, 0) is 0 Å². The fourth-order valence-electron chi connectivity index (χ4n) is 3.82. The van der Waals surface area contributed by atoms with Crippen LogP contribution in [-0.4, -0.2) is 62.8 Å². The number of allylic oxidation sites excluding steroid dienone is 1. The van der Waals surface area contributed by atoms with E-state index >= 15 is 0 Å². The molecule has 1 unspecified atom stereocenters. The number of aromatic hydroxyl groups is 1. The minimum absolute atomic E-state index is 0.0744. The van der Waals surface area contributed by atoms with Crippen molar-refractivity contribution in [3.8, 4) is 16.9 Å². The second kappa shape index (κ2) is 10.1. The van der Waals surface area contributed by atoms with E-state index in [1.54, 1.807) is 22.7 Å². The molecule has 9 heteroatoms. The number of nitrogens with zero attached hydrogens (tertiary/aromatic N) is 4. The van der Waals surface area contributed by atoms with Crippen molar-refractivity contribution in [1.82, 2.24) is 19.9 Å². The first-order valence-corrected chi connectivity index (χ1v) is 11.0. The molecule has 0 aliphatic heterocycles. The highest BCUT2D eigenvalue weighted by atomic mass is 35.5. The summed E-state index contributed by atoms with van der Waals surface area (Å²) in [6.45, 7) is 4.29. The zero-order valence-corrected chi connectivity index (χ0v) is 18.7. The summed E-state index contributed by atoms with van der Waals surface area (Å²) in [5.41, 5.74) is 4.71. The zero-order chi connectivity index (χ0) is 22.5. The number of aliphatic hydroxyl groups excluding tert-OH is 1.